The number of rotatable bonds is 4. The molecule has 0 spiro atoms. The third-order valence-corrected chi connectivity index (χ3v) is 5.69. The molecule has 0 saturated carbocycles. The highest BCUT2D eigenvalue weighted by Gasteiger charge is 2.32. The molecule has 0 radical (unpaired) electrons. The van der Waals surface area contributed by atoms with Crippen LogP contribution in [0.15, 0.2) is 47.4 Å². The third kappa shape index (κ3) is 2.58. The van der Waals surface area contributed by atoms with E-state index in [4.69, 9.17) is 5.73 Å². The Labute approximate surface area is 137 Å². The van der Waals surface area contributed by atoms with Crippen LogP contribution in [0.2, 0.25) is 0 Å². The average molecular weight is 347 g/mol. The lowest BCUT2D eigenvalue weighted by molar-refractivity contribution is -0.384. The minimum Gasteiger partial charge on any atom is -0.366 e. The molecule has 3 rings (SSSR count). The molecule has 0 unspecified atom stereocenters. The molecule has 1 aliphatic heterocycles. The monoisotopic (exact) mass is 347 g/mol. The van der Waals surface area contributed by atoms with Crippen LogP contribution in [0.5, 0.6) is 0 Å². The fourth-order valence-electron chi connectivity index (χ4n) is 2.62. The maximum atomic E-state index is 12.8. The summed E-state index contributed by atoms with van der Waals surface area (Å²) in [6.45, 7) is 0.205. The van der Waals surface area contributed by atoms with Crippen LogP contribution in [0.25, 0.3) is 0 Å². The largest absolute Gasteiger partial charge is 0.366 e. The Bertz CT molecular complexity index is 938. The number of hydrogen-bond donors (Lipinski definition) is 1. The molecule has 124 valence electrons. The molecular weight excluding hydrogens is 334 g/mol. The highest BCUT2D eigenvalue weighted by molar-refractivity contribution is 7.92. The van der Waals surface area contributed by atoms with Crippen molar-refractivity contribution in [2.45, 2.75) is 11.3 Å². The number of fused-ring (bicyclic) bond motifs is 1. The molecule has 24 heavy (non-hydrogen) atoms. The number of non-ortho nitro benzene ring substituents is 1. The lowest BCUT2D eigenvalue weighted by atomic mass is 10.1. The van der Waals surface area contributed by atoms with Crippen LogP contribution < -0.4 is 10.0 Å². The van der Waals surface area contributed by atoms with E-state index in [2.05, 4.69) is 0 Å². The van der Waals surface area contributed by atoms with E-state index in [1.54, 1.807) is 6.07 Å². The van der Waals surface area contributed by atoms with Gasteiger partial charge < -0.3 is 5.73 Å². The number of primary amides is 1. The number of nitro groups is 1. The maximum absolute atomic E-state index is 12.8. The Morgan fingerprint density at radius 3 is 2.42 bits per heavy atom. The summed E-state index contributed by atoms with van der Waals surface area (Å²) in [6, 6.07) is 9.45. The smallest absolute Gasteiger partial charge is 0.271 e. The van der Waals surface area contributed by atoms with Gasteiger partial charge in [-0.2, -0.15) is 0 Å². The van der Waals surface area contributed by atoms with Crippen molar-refractivity contribution in [1.29, 1.82) is 0 Å². The van der Waals surface area contributed by atoms with Crippen molar-refractivity contribution in [2.24, 2.45) is 5.73 Å². The Morgan fingerprint density at radius 2 is 1.83 bits per heavy atom. The standard InChI is InChI=1S/C15H13N3O5S/c16-15(19)11-2-5-13(6-3-11)24(22,23)17-8-7-10-1-4-12(18(20)21)9-14(10)17/h1-6,9H,7-8H2,(H2,16,19). The van der Waals surface area contributed by atoms with E-state index in [0.717, 1.165) is 9.87 Å². The Balaban J connectivity index is 2.02. The number of sulfonamides is 1. The number of carbonyl (C=O) groups excluding carboxylic acids is 1. The number of nitro benzene ring substituents is 1. The molecule has 2 aromatic rings. The van der Waals surface area contributed by atoms with Crippen molar-refractivity contribution in [3.63, 3.8) is 0 Å². The molecule has 1 heterocycles. The predicted octanol–water partition coefficient (Wildman–Crippen LogP) is 1.45. The number of carbonyl (C=O) groups is 1. The minimum absolute atomic E-state index is 0.00754. The zero-order valence-electron chi connectivity index (χ0n) is 12.4. The zero-order valence-corrected chi connectivity index (χ0v) is 13.2. The first-order valence-electron chi connectivity index (χ1n) is 7.00. The molecule has 0 aliphatic carbocycles. The molecule has 2 N–H and O–H groups in total. The molecule has 2 aromatic carbocycles. The SMILES string of the molecule is NC(=O)c1ccc(S(=O)(=O)N2CCc3ccc([N+](=O)[O-])cc32)cc1. The van der Waals surface area contributed by atoms with Crippen LogP contribution in [0.3, 0.4) is 0 Å². The van der Waals surface area contributed by atoms with Crippen molar-refractivity contribution in [3.8, 4) is 0 Å². The fourth-order valence-corrected chi connectivity index (χ4v) is 4.11. The fraction of sp³-hybridized carbons (Fsp3) is 0.133. The van der Waals surface area contributed by atoms with Crippen LogP contribution >= 0.6 is 0 Å². The summed E-state index contributed by atoms with van der Waals surface area (Å²) in [7, 11) is -3.88. The second kappa shape index (κ2) is 5.60. The first-order valence-corrected chi connectivity index (χ1v) is 8.44. The number of anilines is 1. The van der Waals surface area contributed by atoms with Gasteiger partial charge in [0.05, 0.1) is 15.5 Å². The van der Waals surface area contributed by atoms with Gasteiger partial charge in [-0.25, -0.2) is 8.42 Å². The first-order chi connectivity index (χ1) is 11.3. The second-order valence-electron chi connectivity index (χ2n) is 5.29. The van der Waals surface area contributed by atoms with Crippen molar-refractivity contribution in [3.05, 3.63) is 63.7 Å². The number of nitrogens with zero attached hydrogens (tertiary/aromatic N) is 2. The van der Waals surface area contributed by atoms with E-state index in [1.807, 2.05) is 0 Å². The molecule has 0 saturated heterocycles. The highest BCUT2D eigenvalue weighted by atomic mass is 32.2. The van der Waals surface area contributed by atoms with Gasteiger partial charge in [0.25, 0.3) is 15.7 Å². The van der Waals surface area contributed by atoms with E-state index in [0.29, 0.717) is 12.1 Å². The summed E-state index contributed by atoms with van der Waals surface area (Å²) in [6.07, 6.45) is 0.478. The van der Waals surface area contributed by atoms with E-state index < -0.39 is 20.9 Å². The van der Waals surface area contributed by atoms with Crippen LogP contribution in [0.1, 0.15) is 15.9 Å². The number of amides is 1. The predicted molar refractivity (Wildman–Crippen MR) is 86.3 cm³/mol. The quantitative estimate of drug-likeness (QED) is 0.662. The average Bonchev–Trinajstić information content (AvgIpc) is 2.98. The van der Waals surface area contributed by atoms with Crippen LogP contribution in [0, 0.1) is 10.1 Å². The van der Waals surface area contributed by atoms with E-state index in [1.165, 1.54) is 36.4 Å². The van der Waals surface area contributed by atoms with Crippen molar-refractivity contribution >= 4 is 27.3 Å². The van der Waals surface area contributed by atoms with Gasteiger partial charge in [0.2, 0.25) is 5.91 Å². The molecular formula is C15H13N3O5S. The molecule has 1 aliphatic rings. The number of hydrogen-bond acceptors (Lipinski definition) is 5. The third-order valence-electron chi connectivity index (χ3n) is 3.86. The molecule has 0 aromatic heterocycles. The van der Waals surface area contributed by atoms with Crippen LogP contribution in [-0.2, 0) is 16.4 Å². The van der Waals surface area contributed by atoms with Gasteiger partial charge in [-0.3, -0.25) is 19.2 Å². The van der Waals surface area contributed by atoms with Gasteiger partial charge in [0.1, 0.15) is 0 Å². The molecule has 8 nitrogen and oxygen atoms in total. The number of benzene rings is 2. The Kier molecular flexibility index (Phi) is 3.72. The topological polar surface area (TPSA) is 124 Å². The van der Waals surface area contributed by atoms with Gasteiger partial charge in [-0.05, 0) is 36.2 Å². The number of nitrogens with two attached hydrogens (primary N) is 1. The second-order valence-corrected chi connectivity index (χ2v) is 7.15. The summed E-state index contributed by atoms with van der Waals surface area (Å²) < 4.78 is 26.7. The van der Waals surface area contributed by atoms with E-state index in [-0.39, 0.29) is 22.7 Å². The van der Waals surface area contributed by atoms with Crippen molar-refractivity contribution in [2.75, 3.05) is 10.8 Å². The Morgan fingerprint density at radius 1 is 1.17 bits per heavy atom. The highest BCUT2D eigenvalue weighted by Crippen LogP contribution is 2.35. The lowest BCUT2D eigenvalue weighted by Gasteiger charge is -2.19. The first kappa shape index (κ1) is 15.9. The maximum Gasteiger partial charge on any atom is 0.271 e. The summed E-state index contributed by atoms with van der Waals surface area (Å²) >= 11 is 0. The molecule has 9 heteroatoms. The lowest BCUT2D eigenvalue weighted by Crippen LogP contribution is -2.29. The summed E-state index contributed by atoms with van der Waals surface area (Å²) in [5.41, 5.74) is 6.22. The van der Waals surface area contributed by atoms with Crippen molar-refractivity contribution in [1.82, 2.24) is 0 Å². The molecule has 0 bridgehead atoms. The van der Waals surface area contributed by atoms with Gasteiger partial charge in [-0.15, -0.1) is 0 Å². The van der Waals surface area contributed by atoms with E-state index in [9.17, 15) is 23.3 Å². The van der Waals surface area contributed by atoms with Gasteiger partial charge in [-0.1, -0.05) is 6.07 Å². The Hall–Kier alpha value is -2.94. The summed E-state index contributed by atoms with van der Waals surface area (Å²) in [4.78, 5) is 21.4. The van der Waals surface area contributed by atoms with Crippen LogP contribution in [0.4, 0.5) is 11.4 Å². The summed E-state index contributed by atoms with van der Waals surface area (Å²) in [5, 5.41) is 10.9. The molecule has 0 fully saturated rings. The van der Waals surface area contributed by atoms with E-state index >= 15 is 0 Å². The normalized spacial score (nSPS) is 13.6. The van der Waals surface area contributed by atoms with Crippen LogP contribution in [-0.4, -0.2) is 25.8 Å². The van der Waals surface area contributed by atoms with Gasteiger partial charge >= 0.3 is 0 Å². The van der Waals surface area contributed by atoms with Gasteiger partial charge in [0, 0.05) is 24.2 Å². The molecule has 0 atom stereocenters. The zero-order chi connectivity index (χ0) is 17.5. The van der Waals surface area contributed by atoms with Crippen molar-refractivity contribution < 1.29 is 18.1 Å². The molecule has 1 amide bonds. The summed E-state index contributed by atoms with van der Waals surface area (Å²) in [5.74, 6) is -0.652. The minimum atomic E-state index is -3.88. The van der Waals surface area contributed by atoms with Gasteiger partial charge in [0.15, 0.2) is 0 Å².